The molecule has 24 heavy (non-hydrogen) atoms. The summed E-state index contributed by atoms with van der Waals surface area (Å²) in [6.07, 6.45) is 2.05. The van der Waals surface area contributed by atoms with Gasteiger partial charge >= 0.3 is 5.97 Å². The highest BCUT2D eigenvalue weighted by atomic mass is 35.5. The summed E-state index contributed by atoms with van der Waals surface area (Å²) in [4.78, 5) is 24.6. The van der Waals surface area contributed by atoms with Gasteiger partial charge in [-0.05, 0) is 55.5 Å². The summed E-state index contributed by atoms with van der Waals surface area (Å²) in [6.45, 7) is 1.47. The number of carbonyl (C=O) groups excluding carboxylic acids is 2. The first-order chi connectivity index (χ1) is 11.5. The van der Waals surface area contributed by atoms with Gasteiger partial charge in [0.05, 0.1) is 5.02 Å². The van der Waals surface area contributed by atoms with Gasteiger partial charge in [-0.15, -0.1) is 0 Å². The van der Waals surface area contributed by atoms with Crippen LogP contribution in [0.15, 0.2) is 36.4 Å². The fourth-order valence-corrected chi connectivity index (χ4v) is 3.17. The van der Waals surface area contributed by atoms with Gasteiger partial charge in [0.25, 0.3) is 0 Å². The molecule has 0 fully saturated rings. The third kappa shape index (κ3) is 3.20. The lowest BCUT2D eigenvalue weighted by atomic mass is 10.0. The number of benzene rings is 2. The van der Waals surface area contributed by atoms with Crippen LogP contribution < -0.4 is 0 Å². The Morgan fingerprint density at radius 1 is 1.17 bits per heavy atom. The Kier molecular flexibility index (Phi) is 4.67. The Morgan fingerprint density at radius 2 is 1.92 bits per heavy atom. The molecule has 5 heteroatoms. The van der Waals surface area contributed by atoms with E-state index in [1.165, 1.54) is 24.6 Å². The summed E-state index contributed by atoms with van der Waals surface area (Å²) >= 11 is 5.84. The minimum Gasteiger partial charge on any atom is -0.451 e. The predicted molar refractivity (Wildman–Crippen MR) is 89.1 cm³/mol. The Balaban J connectivity index is 1.76. The van der Waals surface area contributed by atoms with Crippen LogP contribution in [-0.4, -0.2) is 17.9 Å². The second-order valence-electron chi connectivity index (χ2n) is 5.85. The third-order valence-corrected chi connectivity index (χ3v) is 4.52. The summed E-state index contributed by atoms with van der Waals surface area (Å²) in [7, 11) is 0. The molecule has 0 radical (unpaired) electrons. The van der Waals surface area contributed by atoms with E-state index in [1.807, 2.05) is 12.1 Å². The summed E-state index contributed by atoms with van der Waals surface area (Å²) in [5.74, 6) is -2.03. The lowest BCUT2D eigenvalue weighted by Crippen LogP contribution is -2.25. The Hall–Kier alpha value is -2.20. The summed E-state index contributed by atoms with van der Waals surface area (Å²) in [6, 6.07) is 9.45. The van der Waals surface area contributed by atoms with Crippen LogP contribution >= 0.6 is 11.6 Å². The van der Waals surface area contributed by atoms with Crippen molar-refractivity contribution in [3.05, 3.63) is 69.5 Å². The minimum atomic E-state index is -1.02. The van der Waals surface area contributed by atoms with E-state index in [9.17, 15) is 14.0 Å². The van der Waals surface area contributed by atoms with E-state index in [1.54, 1.807) is 6.07 Å². The lowest BCUT2D eigenvalue weighted by Gasteiger charge is -2.14. The number of hydrogen-bond acceptors (Lipinski definition) is 3. The van der Waals surface area contributed by atoms with Gasteiger partial charge in [0, 0.05) is 5.56 Å². The first kappa shape index (κ1) is 16.7. The second-order valence-corrected chi connectivity index (χ2v) is 6.25. The van der Waals surface area contributed by atoms with E-state index in [4.69, 9.17) is 16.3 Å². The molecule has 1 atom stereocenters. The maximum absolute atomic E-state index is 13.8. The Bertz CT molecular complexity index is 796. The lowest BCUT2D eigenvalue weighted by molar-refractivity contribution is 0.0314. The molecular formula is C19H16ClFO3. The standard InChI is InChI=1S/C19H16ClFO3/c1-11(24-19(23)17-15(20)6-3-7-16(17)21)18(22)14-9-8-12-4-2-5-13(12)10-14/h3,6-11H,2,4-5H2,1H3/t11-/m1/s1. The zero-order valence-electron chi connectivity index (χ0n) is 13.1. The molecular weight excluding hydrogens is 331 g/mol. The van der Waals surface area contributed by atoms with E-state index >= 15 is 0 Å². The number of ketones is 1. The maximum Gasteiger partial charge on any atom is 0.343 e. The fourth-order valence-electron chi connectivity index (χ4n) is 2.93. The second kappa shape index (κ2) is 6.73. The van der Waals surface area contributed by atoms with Gasteiger partial charge in [-0.25, -0.2) is 9.18 Å². The highest BCUT2D eigenvalue weighted by molar-refractivity contribution is 6.33. The molecule has 1 aliphatic rings. The molecule has 2 aromatic carbocycles. The number of fused-ring (bicyclic) bond motifs is 1. The molecule has 0 unspecified atom stereocenters. The van der Waals surface area contributed by atoms with E-state index in [0.29, 0.717) is 5.56 Å². The maximum atomic E-state index is 13.8. The normalized spacial score (nSPS) is 14.1. The van der Waals surface area contributed by atoms with Crippen molar-refractivity contribution in [2.45, 2.75) is 32.3 Å². The molecule has 0 aromatic heterocycles. The summed E-state index contributed by atoms with van der Waals surface area (Å²) < 4.78 is 18.9. The molecule has 0 amide bonds. The van der Waals surface area contributed by atoms with E-state index in [0.717, 1.165) is 30.9 Å². The topological polar surface area (TPSA) is 43.4 Å². The molecule has 0 saturated heterocycles. The van der Waals surface area contributed by atoms with Crippen molar-refractivity contribution in [2.75, 3.05) is 0 Å². The number of ether oxygens (including phenoxy) is 1. The molecule has 2 aromatic rings. The van der Waals surface area contributed by atoms with E-state index in [-0.39, 0.29) is 16.4 Å². The van der Waals surface area contributed by atoms with Gasteiger partial charge in [-0.1, -0.05) is 29.8 Å². The summed E-state index contributed by atoms with van der Waals surface area (Å²) in [5, 5.41) is -0.0443. The Labute approximate surface area is 144 Å². The van der Waals surface area contributed by atoms with Crippen LogP contribution in [0.5, 0.6) is 0 Å². The fraction of sp³-hybridized carbons (Fsp3) is 0.263. The van der Waals surface area contributed by atoms with Gasteiger partial charge in [0.2, 0.25) is 5.78 Å². The number of aryl methyl sites for hydroxylation is 2. The monoisotopic (exact) mass is 346 g/mol. The minimum absolute atomic E-state index is 0.0443. The van der Waals surface area contributed by atoms with E-state index < -0.39 is 17.9 Å². The molecule has 1 aliphatic carbocycles. The van der Waals surface area contributed by atoms with Crippen molar-refractivity contribution in [3.8, 4) is 0 Å². The van der Waals surface area contributed by atoms with E-state index in [2.05, 4.69) is 0 Å². The quantitative estimate of drug-likeness (QED) is 0.609. The van der Waals surface area contributed by atoms with Crippen molar-refractivity contribution < 1.29 is 18.7 Å². The van der Waals surface area contributed by atoms with Crippen LogP contribution in [0.4, 0.5) is 4.39 Å². The third-order valence-electron chi connectivity index (χ3n) is 4.20. The van der Waals surface area contributed by atoms with Crippen molar-refractivity contribution in [3.63, 3.8) is 0 Å². The number of Topliss-reactive ketones (excluding diaryl/α,β-unsaturated/α-hetero) is 1. The number of esters is 1. The van der Waals surface area contributed by atoms with Crippen LogP contribution in [0.2, 0.25) is 5.02 Å². The van der Waals surface area contributed by atoms with Crippen LogP contribution in [0.25, 0.3) is 0 Å². The molecule has 0 bridgehead atoms. The van der Waals surface area contributed by atoms with Gasteiger partial charge in [-0.2, -0.15) is 0 Å². The van der Waals surface area contributed by atoms with Gasteiger partial charge in [0.1, 0.15) is 11.4 Å². The van der Waals surface area contributed by atoms with Crippen LogP contribution in [0.3, 0.4) is 0 Å². The zero-order valence-corrected chi connectivity index (χ0v) is 13.9. The molecule has 0 aliphatic heterocycles. The average Bonchev–Trinajstić information content (AvgIpc) is 3.01. The van der Waals surface area contributed by atoms with Gasteiger partial charge in [0.15, 0.2) is 6.10 Å². The molecule has 0 heterocycles. The SMILES string of the molecule is C[C@@H](OC(=O)c1c(F)cccc1Cl)C(=O)c1ccc2c(c1)CCC2. The number of halogens is 2. The van der Waals surface area contributed by atoms with Crippen molar-refractivity contribution in [1.82, 2.24) is 0 Å². The highest BCUT2D eigenvalue weighted by Crippen LogP contribution is 2.24. The van der Waals surface area contributed by atoms with Crippen LogP contribution in [-0.2, 0) is 17.6 Å². The van der Waals surface area contributed by atoms with Crippen molar-refractivity contribution in [2.24, 2.45) is 0 Å². The molecule has 3 nitrogen and oxygen atoms in total. The van der Waals surface area contributed by atoms with Crippen LogP contribution in [0.1, 0.15) is 45.2 Å². The predicted octanol–water partition coefficient (Wildman–Crippen LogP) is 4.40. The van der Waals surface area contributed by atoms with Crippen molar-refractivity contribution in [1.29, 1.82) is 0 Å². The number of hydrogen-bond donors (Lipinski definition) is 0. The number of rotatable bonds is 4. The molecule has 3 rings (SSSR count). The molecule has 0 N–H and O–H groups in total. The van der Waals surface area contributed by atoms with Crippen LogP contribution in [0, 0.1) is 5.82 Å². The molecule has 0 saturated carbocycles. The smallest absolute Gasteiger partial charge is 0.343 e. The summed E-state index contributed by atoms with van der Waals surface area (Å²) in [5.41, 5.74) is 2.56. The largest absolute Gasteiger partial charge is 0.451 e. The first-order valence-electron chi connectivity index (χ1n) is 7.78. The van der Waals surface area contributed by atoms with Crippen molar-refractivity contribution >= 4 is 23.4 Å². The molecule has 124 valence electrons. The first-order valence-corrected chi connectivity index (χ1v) is 8.16. The highest BCUT2D eigenvalue weighted by Gasteiger charge is 2.25. The zero-order chi connectivity index (χ0) is 17.3. The average molecular weight is 347 g/mol. The Morgan fingerprint density at radius 3 is 2.67 bits per heavy atom. The van der Waals surface area contributed by atoms with Gasteiger partial charge in [-0.3, -0.25) is 4.79 Å². The molecule has 0 spiro atoms. The number of carbonyl (C=O) groups is 2. The van der Waals surface area contributed by atoms with Gasteiger partial charge < -0.3 is 4.74 Å².